The molecule has 0 aromatic carbocycles. The van der Waals surface area contributed by atoms with Crippen LogP contribution in [0.4, 0.5) is 0 Å². The minimum absolute atomic E-state index is 0.0463. The molecule has 1 rings (SSSR count). The van der Waals surface area contributed by atoms with Crippen molar-refractivity contribution in [2.24, 2.45) is 0 Å². The molecule has 1 heterocycles. The predicted octanol–water partition coefficient (Wildman–Crippen LogP) is 1.10. The van der Waals surface area contributed by atoms with Crippen LogP contribution in [0.5, 0.6) is 0 Å². The molecular formula is C8H16O3. The minimum Gasteiger partial charge on any atom is -0.466 e. The Morgan fingerprint density at radius 1 is 1.64 bits per heavy atom. The lowest BCUT2D eigenvalue weighted by Crippen LogP contribution is -1.88. The third kappa shape index (κ3) is 7.33. The maximum atomic E-state index is 10.0. The molecule has 1 N–H and O–H groups in total. The van der Waals surface area contributed by atoms with Gasteiger partial charge in [0.15, 0.2) is 0 Å². The van der Waals surface area contributed by atoms with Crippen LogP contribution in [-0.2, 0) is 9.53 Å². The van der Waals surface area contributed by atoms with Crippen LogP contribution in [0.15, 0.2) is 0 Å². The van der Waals surface area contributed by atoms with Gasteiger partial charge in [-0.1, -0.05) is 13.3 Å². The van der Waals surface area contributed by atoms with Crippen molar-refractivity contribution in [2.45, 2.75) is 32.6 Å². The second-order valence-corrected chi connectivity index (χ2v) is 2.40. The Hall–Kier alpha value is -0.570. The van der Waals surface area contributed by atoms with E-state index in [0.29, 0.717) is 19.6 Å². The van der Waals surface area contributed by atoms with Crippen LogP contribution in [0, 0.1) is 0 Å². The van der Waals surface area contributed by atoms with Crippen LogP contribution in [0.3, 0.4) is 0 Å². The number of carbonyl (C=O) groups excluding carboxylic acids is 1. The Bertz CT molecular complexity index is 91.5. The standard InChI is InChI=1S/C4H6O2.C4H10O/c5-4-2-1-3-6-4;1-2-3-4-5/h1-3H2;5H,2-4H2,1H3. The van der Waals surface area contributed by atoms with Crippen LogP contribution in [0.2, 0.25) is 0 Å². The van der Waals surface area contributed by atoms with E-state index < -0.39 is 0 Å². The number of cyclic esters (lactones) is 1. The lowest BCUT2D eigenvalue weighted by Gasteiger charge is -1.81. The zero-order valence-corrected chi connectivity index (χ0v) is 7.01. The number of hydrogen-bond donors (Lipinski definition) is 1. The molecule has 3 nitrogen and oxygen atoms in total. The first kappa shape index (κ1) is 10.4. The number of ether oxygens (including phenoxy) is 1. The fourth-order valence-corrected chi connectivity index (χ4v) is 0.633. The second kappa shape index (κ2) is 7.54. The quantitative estimate of drug-likeness (QED) is 0.615. The first-order valence-electron chi connectivity index (χ1n) is 4.07. The molecule has 0 aromatic rings. The Balaban J connectivity index is 0.000000187. The lowest BCUT2D eigenvalue weighted by molar-refractivity contribution is -0.137. The number of aliphatic hydroxyl groups excluding tert-OH is 1. The average Bonchev–Trinajstić information content (AvgIpc) is 2.43. The summed E-state index contributed by atoms with van der Waals surface area (Å²) in [5.41, 5.74) is 0. The van der Waals surface area contributed by atoms with E-state index in [1.54, 1.807) is 0 Å². The van der Waals surface area contributed by atoms with Crippen molar-refractivity contribution in [1.29, 1.82) is 0 Å². The lowest BCUT2D eigenvalue weighted by atomic mass is 10.4. The maximum absolute atomic E-state index is 10.0. The van der Waals surface area contributed by atoms with Gasteiger partial charge in [0, 0.05) is 13.0 Å². The molecular weight excluding hydrogens is 144 g/mol. The third-order valence-electron chi connectivity index (χ3n) is 1.30. The second-order valence-electron chi connectivity index (χ2n) is 2.40. The van der Waals surface area contributed by atoms with E-state index in [1.807, 2.05) is 0 Å². The maximum Gasteiger partial charge on any atom is 0.305 e. The van der Waals surface area contributed by atoms with Gasteiger partial charge in [0.1, 0.15) is 0 Å². The molecule has 1 aliphatic rings. The average molecular weight is 160 g/mol. The van der Waals surface area contributed by atoms with Crippen LogP contribution < -0.4 is 0 Å². The summed E-state index contributed by atoms with van der Waals surface area (Å²) >= 11 is 0. The smallest absolute Gasteiger partial charge is 0.305 e. The normalized spacial score (nSPS) is 15.3. The molecule has 0 unspecified atom stereocenters. The fraction of sp³-hybridized carbons (Fsp3) is 0.875. The Morgan fingerprint density at radius 2 is 2.36 bits per heavy atom. The Morgan fingerprint density at radius 3 is 2.45 bits per heavy atom. The summed E-state index contributed by atoms with van der Waals surface area (Å²) in [5.74, 6) is -0.0463. The Kier molecular flexibility index (Phi) is 7.15. The van der Waals surface area contributed by atoms with E-state index in [-0.39, 0.29) is 5.97 Å². The summed E-state index contributed by atoms with van der Waals surface area (Å²) in [5, 5.41) is 8.07. The largest absolute Gasteiger partial charge is 0.466 e. The highest BCUT2D eigenvalue weighted by Gasteiger charge is 2.08. The third-order valence-corrected chi connectivity index (χ3v) is 1.30. The van der Waals surface area contributed by atoms with E-state index in [2.05, 4.69) is 11.7 Å². The molecule has 0 atom stereocenters. The SMILES string of the molecule is CCCCO.O=C1CCCO1. The fourth-order valence-electron chi connectivity index (χ4n) is 0.633. The monoisotopic (exact) mass is 160 g/mol. The molecule has 0 aromatic heterocycles. The molecule has 3 heteroatoms. The van der Waals surface area contributed by atoms with Gasteiger partial charge in [0.2, 0.25) is 0 Å². The molecule has 1 aliphatic heterocycles. The topological polar surface area (TPSA) is 46.5 Å². The highest BCUT2D eigenvalue weighted by molar-refractivity contribution is 5.70. The van der Waals surface area contributed by atoms with Gasteiger partial charge < -0.3 is 9.84 Å². The molecule has 1 fully saturated rings. The van der Waals surface area contributed by atoms with E-state index >= 15 is 0 Å². The highest BCUT2D eigenvalue weighted by atomic mass is 16.5. The van der Waals surface area contributed by atoms with Crippen molar-refractivity contribution in [1.82, 2.24) is 0 Å². The van der Waals surface area contributed by atoms with Crippen molar-refractivity contribution < 1.29 is 14.6 Å². The minimum atomic E-state index is -0.0463. The summed E-state index contributed by atoms with van der Waals surface area (Å²) < 4.78 is 4.51. The van der Waals surface area contributed by atoms with Gasteiger partial charge in [-0.2, -0.15) is 0 Å². The van der Waals surface area contributed by atoms with Gasteiger partial charge in [-0.25, -0.2) is 0 Å². The van der Waals surface area contributed by atoms with Crippen molar-refractivity contribution in [2.75, 3.05) is 13.2 Å². The number of esters is 1. The van der Waals surface area contributed by atoms with Gasteiger partial charge >= 0.3 is 5.97 Å². The van der Waals surface area contributed by atoms with E-state index in [4.69, 9.17) is 5.11 Å². The van der Waals surface area contributed by atoms with Gasteiger partial charge in [-0.05, 0) is 12.8 Å². The van der Waals surface area contributed by atoms with E-state index in [1.165, 1.54) is 0 Å². The molecule has 1 saturated heterocycles. The summed E-state index contributed by atoms with van der Waals surface area (Å²) in [6, 6.07) is 0. The van der Waals surface area contributed by atoms with Gasteiger partial charge in [0.05, 0.1) is 6.61 Å². The van der Waals surface area contributed by atoms with Gasteiger partial charge in [-0.3, -0.25) is 4.79 Å². The predicted molar refractivity (Wildman–Crippen MR) is 42.2 cm³/mol. The summed E-state index contributed by atoms with van der Waals surface area (Å²) in [7, 11) is 0. The van der Waals surface area contributed by atoms with Crippen molar-refractivity contribution in [3.63, 3.8) is 0 Å². The van der Waals surface area contributed by atoms with Crippen molar-refractivity contribution in [3.05, 3.63) is 0 Å². The molecule has 0 aliphatic carbocycles. The number of carbonyl (C=O) groups is 1. The number of hydrogen-bond acceptors (Lipinski definition) is 3. The van der Waals surface area contributed by atoms with Crippen LogP contribution in [0.1, 0.15) is 32.6 Å². The number of unbranched alkanes of at least 4 members (excludes halogenated alkanes) is 1. The Labute approximate surface area is 67.4 Å². The van der Waals surface area contributed by atoms with E-state index in [9.17, 15) is 4.79 Å². The summed E-state index contributed by atoms with van der Waals surface area (Å²) in [4.78, 5) is 10.0. The molecule has 0 bridgehead atoms. The molecule has 66 valence electrons. The van der Waals surface area contributed by atoms with E-state index in [0.717, 1.165) is 19.3 Å². The zero-order valence-electron chi connectivity index (χ0n) is 7.01. The summed E-state index contributed by atoms with van der Waals surface area (Å²) in [6.45, 7) is 3.03. The van der Waals surface area contributed by atoms with Gasteiger partial charge in [0.25, 0.3) is 0 Å². The summed E-state index contributed by atoms with van der Waals surface area (Å²) in [6.07, 6.45) is 3.58. The zero-order chi connectivity index (χ0) is 8.53. The molecule has 0 amide bonds. The highest BCUT2D eigenvalue weighted by Crippen LogP contribution is 2.01. The van der Waals surface area contributed by atoms with Crippen molar-refractivity contribution in [3.8, 4) is 0 Å². The molecule has 0 saturated carbocycles. The van der Waals surface area contributed by atoms with Crippen LogP contribution >= 0.6 is 0 Å². The first-order chi connectivity index (χ1) is 5.31. The first-order valence-corrected chi connectivity index (χ1v) is 4.07. The molecule has 11 heavy (non-hydrogen) atoms. The van der Waals surface area contributed by atoms with Crippen molar-refractivity contribution >= 4 is 5.97 Å². The number of rotatable bonds is 2. The molecule has 0 spiro atoms. The molecule has 0 radical (unpaired) electrons. The van der Waals surface area contributed by atoms with Crippen LogP contribution in [-0.4, -0.2) is 24.3 Å². The van der Waals surface area contributed by atoms with Crippen LogP contribution in [0.25, 0.3) is 0 Å². The van der Waals surface area contributed by atoms with Gasteiger partial charge in [-0.15, -0.1) is 0 Å². The number of aliphatic hydroxyl groups is 1.